The molecule has 4 rings (SSSR count). The summed E-state index contributed by atoms with van der Waals surface area (Å²) in [6.45, 7) is -0.445. The lowest BCUT2D eigenvalue weighted by molar-refractivity contribution is -0.135. The Morgan fingerprint density at radius 1 is 1.28 bits per heavy atom. The largest absolute Gasteiger partial charge is 0.497 e. The predicted molar refractivity (Wildman–Crippen MR) is 109 cm³/mol. The van der Waals surface area contributed by atoms with Crippen LogP contribution in [-0.2, 0) is 14.3 Å². The first-order valence-electron chi connectivity index (χ1n) is 10.6. The summed E-state index contributed by atoms with van der Waals surface area (Å²) in [5.74, 6) is -2.54. The summed E-state index contributed by atoms with van der Waals surface area (Å²) >= 11 is 0. The van der Waals surface area contributed by atoms with Crippen LogP contribution >= 0.6 is 0 Å². The number of methoxy groups -OCH3 is 1. The molecule has 176 valence electrons. The third-order valence-electron chi connectivity index (χ3n) is 6.01. The molecule has 3 N–H and O–H groups in total. The first-order chi connectivity index (χ1) is 15.2. The lowest BCUT2D eigenvalue weighted by atomic mass is 10.1. The first kappa shape index (κ1) is 22.7. The molecule has 0 bridgehead atoms. The third kappa shape index (κ3) is 5.11. The highest BCUT2D eigenvalue weighted by molar-refractivity contribution is 5.89. The van der Waals surface area contributed by atoms with Gasteiger partial charge in [0, 0.05) is 31.6 Å². The molecule has 3 saturated heterocycles. The van der Waals surface area contributed by atoms with Gasteiger partial charge in [0.1, 0.15) is 24.1 Å². The van der Waals surface area contributed by atoms with E-state index in [2.05, 4.69) is 10.6 Å². The number of hydrogen-bond acceptors (Lipinski definition) is 6. The van der Waals surface area contributed by atoms with Crippen molar-refractivity contribution in [1.29, 1.82) is 0 Å². The van der Waals surface area contributed by atoms with Crippen LogP contribution in [0.5, 0.6) is 5.75 Å². The van der Waals surface area contributed by atoms with Gasteiger partial charge in [0.15, 0.2) is 0 Å². The summed E-state index contributed by atoms with van der Waals surface area (Å²) < 4.78 is 43.3. The van der Waals surface area contributed by atoms with E-state index >= 15 is 0 Å². The van der Waals surface area contributed by atoms with E-state index in [0.717, 1.165) is 4.90 Å². The van der Waals surface area contributed by atoms with Crippen molar-refractivity contribution in [2.45, 2.75) is 55.7 Å². The monoisotopic (exact) mass is 455 g/mol. The highest BCUT2D eigenvalue weighted by Crippen LogP contribution is 2.36. The van der Waals surface area contributed by atoms with Gasteiger partial charge in [-0.1, -0.05) is 0 Å². The highest BCUT2D eigenvalue weighted by Gasteiger charge is 2.51. The summed E-state index contributed by atoms with van der Waals surface area (Å²) in [5.41, 5.74) is 0.583. The number of hydrogen-bond donors (Lipinski definition) is 3. The molecule has 11 heteroatoms. The van der Waals surface area contributed by atoms with E-state index in [4.69, 9.17) is 14.2 Å². The van der Waals surface area contributed by atoms with Crippen LogP contribution in [0.25, 0.3) is 0 Å². The zero-order valence-electron chi connectivity index (χ0n) is 17.6. The number of fused-ring (bicyclic) bond motifs is 1. The molecule has 3 aliphatic rings. The molecule has 9 nitrogen and oxygen atoms in total. The summed E-state index contributed by atoms with van der Waals surface area (Å²) in [6, 6.07) is 6.38. The second-order valence-electron chi connectivity index (χ2n) is 8.35. The van der Waals surface area contributed by atoms with Gasteiger partial charge in [0.2, 0.25) is 5.91 Å². The SMILES string of the molecule is COc1ccc(NC(=O)NCC2OC3CC(CC(=O)N4CCC(F)(F)C4)OC3C2O)cc1. The summed E-state index contributed by atoms with van der Waals surface area (Å²) in [4.78, 5) is 25.5. The van der Waals surface area contributed by atoms with Gasteiger partial charge < -0.3 is 34.9 Å². The summed E-state index contributed by atoms with van der Waals surface area (Å²) in [7, 11) is 1.55. The number of benzene rings is 1. The minimum absolute atomic E-state index is 0.0215. The average molecular weight is 455 g/mol. The van der Waals surface area contributed by atoms with Crippen molar-refractivity contribution < 1.29 is 37.7 Å². The van der Waals surface area contributed by atoms with Crippen LogP contribution in [0.1, 0.15) is 19.3 Å². The van der Waals surface area contributed by atoms with Crippen LogP contribution in [0, 0.1) is 0 Å². The number of carbonyl (C=O) groups is 2. The van der Waals surface area contributed by atoms with Gasteiger partial charge in [-0.2, -0.15) is 0 Å². The van der Waals surface area contributed by atoms with Crippen LogP contribution < -0.4 is 15.4 Å². The zero-order chi connectivity index (χ0) is 22.9. The Hall–Kier alpha value is -2.50. The van der Waals surface area contributed by atoms with Crippen LogP contribution in [0.3, 0.4) is 0 Å². The van der Waals surface area contributed by atoms with Gasteiger partial charge in [0.25, 0.3) is 5.92 Å². The second-order valence-corrected chi connectivity index (χ2v) is 8.35. The standard InChI is InChI=1S/C21H27F2N3O6/c1-30-13-4-2-12(3-5-13)25-20(29)24-10-16-18(28)19-15(32-16)8-14(31-19)9-17(27)26-7-6-21(22,23)11-26/h2-5,14-16,18-19,28H,6-11H2,1H3,(H2,24,25,29). The number of urea groups is 1. The number of amides is 3. The number of nitrogens with zero attached hydrogens (tertiary/aromatic N) is 1. The molecule has 32 heavy (non-hydrogen) atoms. The second kappa shape index (κ2) is 9.16. The molecule has 0 saturated carbocycles. The number of carbonyl (C=O) groups excluding carboxylic acids is 2. The molecule has 1 aromatic carbocycles. The number of nitrogens with one attached hydrogen (secondary N) is 2. The molecule has 1 aromatic rings. The zero-order valence-corrected chi connectivity index (χ0v) is 17.6. The molecule has 3 aliphatic heterocycles. The molecular formula is C21H27F2N3O6. The average Bonchev–Trinajstić information content (AvgIpc) is 3.41. The van der Waals surface area contributed by atoms with Gasteiger partial charge in [-0.25, -0.2) is 13.6 Å². The molecular weight excluding hydrogens is 428 g/mol. The Labute approximate surface area is 184 Å². The van der Waals surface area contributed by atoms with Crippen LogP contribution in [0.2, 0.25) is 0 Å². The Kier molecular flexibility index (Phi) is 6.50. The third-order valence-corrected chi connectivity index (χ3v) is 6.01. The Bertz CT molecular complexity index is 839. The normalized spacial score (nSPS) is 30.8. The van der Waals surface area contributed by atoms with Crippen LogP contribution in [-0.4, -0.2) is 85.1 Å². The van der Waals surface area contributed by atoms with Crippen LogP contribution in [0.4, 0.5) is 19.3 Å². The fourth-order valence-electron chi connectivity index (χ4n) is 4.32. The van der Waals surface area contributed by atoms with Gasteiger partial charge in [-0.3, -0.25) is 4.79 Å². The maximum Gasteiger partial charge on any atom is 0.319 e. The van der Waals surface area contributed by atoms with E-state index in [1.807, 2.05) is 0 Å². The molecule has 0 aliphatic carbocycles. The van der Waals surface area contributed by atoms with Crippen molar-refractivity contribution in [3.8, 4) is 5.75 Å². The minimum Gasteiger partial charge on any atom is -0.497 e. The quantitative estimate of drug-likeness (QED) is 0.598. The molecule has 0 aromatic heterocycles. The first-order valence-corrected chi connectivity index (χ1v) is 10.6. The fourth-order valence-corrected chi connectivity index (χ4v) is 4.32. The van der Waals surface area contributed by atoms with Crippen molar-refractivity contribution in [2.75, 3.05) is 32.1 Å². The summed E-state index contributed by atoms with van der Waals surface area (Å²) in [5, 5.41) is 15.9. The number of aliphatic hydroxyl groups is 1. The van der Waals surface area contributed by atoms with Crippen molar-refractivity contribution in [3.63, 3.8) is 0 Å². The molecule has 5 atom stereocenters. The van der Waals surface area contributed by atoms with E-state index in [9.17, 15) is 23.5 Å². The van der Waals surface area contributed by atoms with Crippen molar-refractivity contribution in [1.82, 2.24) is 10.2 Å². The number of halogens is 2. The number of rotatable bonds is 6. The maximum atomic E-state index is 13.3. The van der Waals surface area contributed by atoms with Crippen molar-refractivity contribution in [2.24, 2.45) is 0 Å². The number of anilines is 1. The maximum absolute atomic E-state index is 13.3. The predicted octanol–water partition coefficient (Wildman–Crippen LogP) is 1.36. The molecule has 0 spiro atoms. The van der Waals surface area contributed by atoms with E-state index in [0.29, 0.717) is 17.9 Å². The number of alkyl halides is 2. The molecule has 0 radical (unpaired) electrons. The highest BCUT2D eigenvalue weighted by atomic mass is 19.3. The summed E-state index contributed by atoms with van der Waals surface area (Å²) in [6.07, 6.45) is -3.12. The molecule has 5 unspecified atom stereocenters. The molecule has 3 fully saturated rings. The number of aliphatic hydroxyl groups excluding tert-OH is 1. The number of likely N-dealkylation sites (tertiary alicyclic amines) is 1. The fraction of sp³-hybridized carbons (Fsp3) is 0.619. The Morgan fingerprint density at radius 2 is 2.03 bits per heavy atom. The van der Waals surface area contributed by atoms with E-state index in [1.165, 1.54) is 0 Å². The smallest absolute Gasteiger partial charge is 0.319 e. The topological polar surface area (TPSA) is 109 Å². The van der Waals surface area contributed by atoms with E-state index in [1.54, 1.807) is 31.4 Å². The molecule has 3 heterocycles. The van der Waals surface area contributed by atoms with Gasteiger partial charge >= 0.3 is 6.03 Å². The van der Waals surface area contributed by atoms with Crippen LogP contribution in [0.15, 0.2) is 24.3 Å². The number of ether oxygens (including phenoxy) is 3. The van der Waals surface area contributed by atoms with Crippen molar-refractivity contribution in [3.05, 3.63) is 24.3 Å². The van der Waals surface area contributed by atoms with E-state index in [-0.39, 0.29) is 31.8 Å². The van der Waals surface area contributed by atoms with Crippen molar-refractivity contribution >= 4 is 17.6 Å². The van der Waals surface area contributed by atoms with Gasteiger partial charge in [0.05, 0.1) is 32.3 Å². The Balaban J connectivity index is 1.20. The van der Waals surface area contributed by atoms with E-state index < -0.39 is 49.0 Å². The van der Waals surface area contributed by atoms with Gasteiger partial charge in [-0.05, 0) is 24.3 Å². The Morgan fingerprint density at radius 3 is 2.66 bits per heavy atom. The molecule has 3 amide bonds. The lowest BCUT2D eigenvalue weighted by Gasteiger charge is -2.22. The lowest BCUT2D eigenvalue weighted by Crippen LogP contribution is -2.42. The minimum atomic E-state index is -2.83. The van der Waals surface area contributed by atoms with Gasteiger partial charge in [-0.15, -0.1) is 0 Å².